The smallest absolute Gasteiger partial charge is 0.362 e. The number of allylic oxidation sites excluding steroid dienone is 18. The van der Waals surface area contributed by atoms with Crippen LogP contribution >= 0.6 is 0 Å². The van der Waals surface area contributed by atoms with Crippen molar-refractivity contribution >= 4 is 17.9 Å². The summed E-state index contributed by atoms with van der Waals surface area (Å²) in [5, 5.41) is 9.61. The van der Waals surface area contributed by atoms with Crippen LogP contribution in [0.15, 0.2) is 109 Å². The lowest BCUT2D eigenvalue weighted by Crippen LogP contribution is -2.50. The summed E-state index contributed by atoms with van der Waals surface area (Å²) < 4.78 is 17.1. The fraction of sp³-hybridized carbons (Fsp3) is 0.562. The third-order valence-corrected chi connectivity index (χ3v) is 8.55. The number of aliphatic carboxylic acids is 1. The number of esters is 2. The van der Waals surface area contributed by atoms with E-state index >= 15 is 0 Å². The summed E-state index contributed by atoms with van der Waals surface area (Å²) in [6, 6.07) is -0.635. The molecule has 8 nitrogen and oxygen atoms in total. The molecule has 0 aromatic heterocycles. The van der Waals surface area contributed by atoms with Crippen molar-refractivity contribution < 1.29 is 38.2 Å². The van der Waals surface area contributed by atoms with Crippen molar-refractivity contribution in [3.63, 3.8) is 0 Å². The summed E-state index contributed by atoms with van der Waals surface area (Å²) in [5.74, 6) is -1.60. The van der Waals surface area contributed by atoms with E-state index in [2.05, 4.69) is 68.5 Å². The van der Waals surface area contributed by atoms with E-state index in [9.17, 15) is 19.5 Å². The number of unbranched alkanes of at least 4 members (excludes halogenated alkanes) is 7. The number of ether oxygens (including phenoxy) is 3. The molecule has 0 aliphatic heterocycles. The van der Waals surface area contributed by atoms with Crippen LogP contribution in [0.1, 0.15) is 123 Å². The summed E-state index contributed by atoms with van der Waals surface area (Å²) in [4.78, 5) is 36.9. The van der Waals surface area contributed by atoms with Crippen LogP contribution in [-0.2, 0) is 28.6 Å². The molecule has 0 amide bonds. The van der Waals surface area contributed by atoms with Crippen molar-refractivity contribution in [3.8, 4) is 0 Å². The van der Waals surface area contributed by atoms with Crippen LogP contribution in [0.25, 0.3) is 0 Å². The Hall–Kier alpha value is -4.01. The number of carbonyl (C=O) groups excluding carboxylic acids is 2. The second kappa shape index (κ2) is 37.9. The van der Waals surface area contributed by atoms with Crippen molar-refractivity contribution in [1.82, 2.24) is 0 Å². The van der Waals surface area contributed by atoms with Gasteiger partial charge < -0.3 is 23.8 Å². The summed E-state index contributed by atoms with van der Waals surface area (Å²) in [6.45, 7) is 4.35. The van der Waals surface area contributed by atoms with Gasteiger partial charge in [0.1, 0.15) is 6.61 Å². The highest BCUT2D eigenvalue weighted by Gasteiger charge is 2.31. The van der Waals surface area contributed by atoms with Crippen LogP contribution < -0.4 is 0 Å². The van der Waals surface area contributed by atoms with Gasteiger partial charge in [-0.1, -0.05) is 149 Å². The third kappa shape index (κ3) is 35.7. The van der Waals surface area contributed by atoms with Crippen LogP contribution in [0.4, 0.5) is 0 Å². The Kier molecular flexibility index (Phi) is 35.2. The standard InChI is InChI=1S/C48H75NO7/c1-6-8-10-12-14-16-18-20-21-22-23-24-25-27-29-31-33-35-37-39-47(51)56-44(42-54-41-40-45(48(52)53)49(3,4)5)43-55-46(50)38-36-34-32-30-28-26-19-17-15-13-11-9-7-2/h8-11,13-17,19-21,23-24,26,28,30,32,44-45H,6-7,12,18,22,25,27,29,31,33-43H2,1-5H3/p+1/b10-8+,11-9+,15-13+,16-14+,19-17+,21-20+,24-23+,28-26+,32-30+. The van der Waals surface area contributed by atoms with Gasteiger partial charge in [0.25, 0.3) is 0 Å². The molecule has 0 rings (SSSR count). The lowest BCUT2D eigenvalue weighted by molar-refractivity contribution is -0.887. The Bertz CT molecular complexity index is 1280. The van der Waals surface area contributed by atoms with Crippen LogP contribution in [0.5, 0.6) is 0 Å². The fourth-order valence-corrected chi connectivity index (χ4v) is 5.35. The van der Waals surface area contributed by atoms with Gasteiger partial charge in [-0.25, -0.2) is 4.79 Å². The summed E-state index contributed by atoms with van der Waals surface area (Å²) >= 11 is 0. The second-order valence-corrected chi connectivity index (χ2v) is 14.6. The summed E-state index contributed by atoms with van der Waals surface area (Å²) in [6.07, 6.45) is 51.4. The number of carbonyl (C=O) groups is 3. The number of carboxylic acid groups (broad SMARTS) is 1. The minimum Gasteiger partial charge on any atom is -0.477 e. The molecule has 0 saturated heterocycles. The molecule has 0 radical (unpaired) electrons. The third-order valence-electron chi connectivity index (χ3n) is 8.55. The first-order valence-electron chi connectivity index (χ1n) is 21.0. The monoisotopic (exact) mass is 779 g/mol. The zero-order valence-corrected chi connectivity index (χ0v) is 35.5. The molecule has 2 atom stereocenters. The molecule has 0 aromatic carbocycles. The van der Waals surface area contributed by atoms with Crippen LogP contribution in [0.3, 0.4) is 0 Å². The molecule has 0 saturated carbocycles. The first kappa shape index (κ1) is 52.0. The van der Waals surface area contributed by atoms with E-state index in [0.717, 1.165) is 70.6 Å². The number of rotatable bonds is 35. The molecule has 314 valence electrons. The normalized spacial score (nSPS) is 14.1. The van der Waals surface area contributed by atoms with Crippen molar-refractivity contribution in [3.05, 3.63) is 109 Å². The first-order valence-corrected chi connectivity index (χ1v) is 21.0. The molecule has 0 bridgehead atoms. The maximum Gasteiger partial charge on any atom is 0.362 e. The van der Waals surface area contributed by atoms with E-state index < -0.39 is 18.1 Å². The number of carboxylic acids is 1. The number of hydrogen-bond acceptors (Lipinski definition) is 6. The summed E-state index contributed by atoms with van der Waals surface area (Å²) in [7, 11) is 5.48. The average molecular weight is 779 g/mol. The highest BCUT2D eigenvalue weighted by atomic mass is 16.6. The van der Waals surface area contributed by atoms with Crippen LogP contribution in [-0.4, -0.2) is 80.6 Å². The molecule has 0 aliphatic carbocycles. The molecule has 0 heterocycles. The topological polar surface area (TPSA) is 99.1 Å². The Morgan fingerprint density at radius 3 is 1.64 bits per heavy atom. The van der Waals surface area contributed by atoms with E-state index in [1.54, 1.807) is 0 Å². The van der Waals surface area contributed by atoms with E-state index in [4.69, 9.17) is 14.2 Å². The van der Waals surface area contributed by atoms with Gasteiger partial charge in [0, 0.05) is 19.3 Å². The second-order valence-electron chi connectivity index (χ2n) is 14.6. The summed E-state index contributed by atoms with van der Waals surface area (Å²) in [5.41, 5.74) is 0. The molecular formula is C48H76NO7+. The Morgan fingerprint density at radius 1 is 0.554 bits per heavy atom. The van der Waals surface area contributed by atoms with Crippen LogP contribution in [0.2, 0.25) is 0 Å². The molecule has 0 fully saturated rings. The number of nitrogens with zero attached hydrogens (tertiary/aromatic N) is 1. The number of quaternary nitrogens is 1. The maximum atomic E-state index is 12.7. The number of likely N-dealkylation sites (N-methyl/N-ethyl adjacent to an activating group) is 1. The molecule has 0 aromatic rings. The van der Waals surface area contributed by atoms with Gasteiger partial charge in [-0.05, 0) is 64.2 Å². The van der Waals surface area contributed by atoms with E-state index in [-0.39, 0.29) is 42.7 Å². The van der Waals surface area contributed by atoms with Crippen molar-refractivity contribution in [2.75, 3.05) is 41.0 Å². The van der Waals surface area contributed by atoms with Crippen molar-refractivity contribution in [1.29, 1.82) is 0 Å². The molecule has 1 N–H and O–H groups in total. The van der Waals surface area contributed by atoms with Gasteiger partial charge in [-0.3, -0.25) is 9.59 Å². The van der Waals surface area contributed by atoms with E-state index in [1.807, 2.05) is 75.8 Å². The largest absolute Gasteiger partial charge is 0.477 e. The van der Waals surface area contributed by atoms with Crippen LogP contribution in [0, 0.1) is 0 Å². The predicted octanol–water partition coefficient (Wildman–Crippen LogP) is 11.3. The average Bonchev–Trinajstić information content (AvgIpc) is 3.15. The highest BCUT2D eigenvalue weighted by molar-refractivity contribution is 5.72. The SMILES string of the molecule is CC/C=C/C=C/C=C/C=C/C=C/CCCC(=O)OCC(COCCC(C(=O)O)[N+](C)(C)C)OC(=O)CCCCCCCC/C=C/C/C=C/C/C=C/C/C=C/CC. The van der Waals surface area contributed by atoms with Crippen molar-refractivity contribution in [2.45, 2.75) is 135 Å². The van der Waals surface area contributed by atoms with Gasteiger partial charge in [-0.15, -0.1) is 0 Å². The quantitative estimate of drug-likeness (QED) is 0.0225. The molecule has 2 unspecified atom stereocenters. The van der Waals surface area contributed by atoms with Gasteiger partial charge in [0.15, 0.2) is 12.1 Å². The molecule has 56 heavy (non-hydrogen) atoms. The Balaban J connectivity index is 4.51. The molecule has 8 heteroatoms. The Morgan fingerprint density at radius 2 is 1.05 bits per heavy atom. The lowest BCUT2D eigenvalue weighted by atomic mass is 10.1. The Labute approximate surface area is 340 Å². The minimum atomic E-state index is -0.893. The number of hydrogen-bond donors (Lipinski definition) is 1. The molecular weight excluding hydrogens is 703 g/mol. The molecule has 0 spiro atoms. The highest BCUT2D eigenvalue weighted by Crippen LogP contribution is 2.12. The van der Waals surface area contributed by atoms with E-state index in [1.165, 1.54) is 12.8 Å². The maximum absolute atomic E-state index is 12.7. The van der Waals surface area contributed by atoms with Gasteiger partial charge in [-0.2, -0.15) is 0 Å². The predicted molar refractivity (Wildman–Crippen MR) is 233 cm³/mol. The fourth-order valence-electron chi connectivity index (χ4n) is 5.35. The first-order chi connectivity index (χ1) is 27.1. The van der Waals surface area contributed by atoms with Crippen molar-refractivity contribution in [2.24, 2.45) is 0 Å². The molecule has 0 aliphatic rings. The minimum absolute atomic E-state index is 0.0243. The zero-order chi connectivity index (χ0) is 41.4. The van der Waals surface area contributed by atoms with Gasteiger partial charge in [0.2, 0.25) is 0 Å². The van der Waals surface area contributed by atoms with Gasteiger partial charge >= 0.3 is 17.9 Å². The van der Waals surface area contributed by atoms with E-state index in [0.29, 0.717) is 19.3 Å². The van der Waals surface area contributed by atoms with Gasteiger partial charge in [0.05, 0.1) is 34.4 Å². The zero-order valence-electron chi connectivity index (χ0n) is 35.5. The lowest BCUT2D eigenvalue weighted by Gasteiger charge is -2.31.